The lowest BCUT2D eigenvalue weighted by Crippen LogP contribution is -2.46. The van der Waals surface area contributed by atoms with Crippen molar-refractivity contribution in [3.05, 3.63) is 17.5 Å². The van der Waals surface area contributed by atoms with Crippen LogP contribution < -0.4 is 5.73 Å². The highest BCUT2D eigenvalue weighted by Crippen LogP contribution is 2.16. The number of carbonyl (C=O) groups excluding carboxylic acids is 1. The number of hydrogen-bond acceptors (Lipinski definition) is 5. The molecule has 1 saturated heterocycles. The summed E-state index contributed by atoms with van der Waals surface area (Å²) in [4.78, 5) is 22.6. The molecule has 5 nitrogen and oxygen atoms in total. The van der Waals surface area contributed by atoms with Gasteiger partial charge in [0, 0.05) is 30.5 Å². The predicted molar refractivity (Wildman–Crippen MR) is 76.0 cm³/mol. The van der Waals surface area contributed by atoms with E-state index < -0.39 is 0 Å². The molecule has 0 radical (unpaired) electrons. The van der Waals surface area contributed by atoms with E-state index in [2.05, 4.69) is 9.97 Å². The molecule has 1 aromatic rings. The number of piperidine rings is 1. The Morgan fingerprint density at radius 3 is 2.79 bits per heavy atom. The summed E-state index contributed by atoms with van der Waals surface area (Å²) >= 11 is 1.40. The van der Waals surface area contributed by atoms with E-state index >= 15 is 0 Å². The highest BCUT2D eigenvalue weighted by atomic mass is 32.2. The van der Waals surface area contributed by atoms with E-state index in [0.717, 1.165) is 30.8 Å². The number of hydrogen-bond donors (Lipinski definition) is 1. The summed E-state index contributed by atoms with van der Waals surface area (Å²) in [5.74, 6) is 0.512. The molecule has 1 unspecified atom stereocenters. The molecule has 2 rings (SSSR count). The first-order valence-electron chi connectivity index (χ1n) is 6.53. The summed E-state index contributed by atoms with van der Waals surface area (Å²) in [5.41, 5.74) is 7.75. The van der Waals surface area contributed by atoms with E-state index in [-0.39, 0.29) is 11.9 Å². The zero-order chi connectivity index (χ0) is 13.8. The molecule has 2 N–H and O–H groups in total. The number of thioether (sulfide) groups is 1. The second kappa shape index (κ2) is 6.34. The van der Waals surface area contributed by atoms with E-state index in [1.807, 2.05) is 24.8 Å². The smallest absolute Gasteiger partial charge is 0.233 e. The van der Waals surface area contributed by atoms with Gasteiger partial charge in [-0.2, -0.15) is 0 Å². The van der Waals surface area contributed by atoms with Crippen molar-refractivity contribution in [3.63, 3.8) is 0 Å². The van der Waals surface area contributed by atoms with Gasteiger partial charge >= 0.3 is 0 Å². The fraction of sp³-hybridized carbons (Fsp3) is 0.615. The Morgan fingerprint density at radius 2 is 2.16 bits per heavy atom. The molecule has 1 aliphatic rings. The summed E-state index contributed by atoms with van der Waals surface area (Å²) in [6, 6.07) is 2.05. The Hall–Kier alpha value is -1.14. The van der Waals surface area contributed by atoms with Gasteiger partial charge < -0.3 is 10.6 Å². The Kier molecular flexibility index (Phi) is 4.76. The standard InChI is InChI=1S/C13H20N4OS/c1-9-6-10(2)16-13(15-9)19-8-12(18)17-5-3-4-11(14)7-17/h6,11H,3-5,7-8,14H2,1-2H3. The van der Waals surface area contributed by atoms with Crippen molar-refractivity contribution in [3.8, 4) is 0 Å². The minimum absolute atomic E-state index is 0.125. The summed E-state index contributed by atoms with van der Waals surface area (Å²) < 4.78 is 0. The van der Waals surface area contributed by atoms with Gasteiger partial charge in [0.05, 0.1) is 5.75 Å². The Balaban J connectivity index is 1.89. The van der Waals surface area contributed by atoms with Crippen molar-refractivity contribution < 1.29 is 4.79 Å². The van der Waals surface area contributed by atoms with Gasteiger partial charge in [-0.05, 0) is 32.8 Å². The van der Waals surface area contributed by atoms with Gasteiger partial charge in [-0.25, -0.2) is 9.97 Å². The van der Waals surface area contributed by atoms with E-state index in [0.29, 0.717) is 17.5 Å². The van der Waals surface area contributed by atoms with Crippen LogP contribution in [0.5, 0.6) is 0 Å². The molecule has 0 aliphatic carbocycles. The summed E-state index contributed by atoms with van der Waals surface area (Å²) in [6.07, 6.45) is 2.01. The van der Waals surface area contributed by atoms with Gasteiger partial charge in [0.15, 0.2) is 5.16 Å². The van der Waals surface area contributed by atoms with Crippen LogP contribution in [0.2, 0.25) is 0 Å². The van der Waals surface area contributed by atoms with Crippen LogP contribution in [0.3, 0.4) is 0 Å². The molecule has 0 aromatic carbocycles. The van der Waals surface area contributed by atoms with Crippen LogP contribution in [-0.2, 0) is 4.79 Å². The largest absolute Gasteiger partial charge is 0.340 e. The molecule has 19 heavy (non-hydrogen) atoms. The molecule has 2 heterocycles. The van der Waals surface area contributed by atoms with Crippen LogP contribution in [0.15, 0.2) is 11.2 Å². The Morgan fingerprint density at radius 1 is 1.47 bits per heavy atom. The van der Waals surface area contributed by atoms with E-state index in [1.165, 1.54) is 11.8 Å². The van der Waals surface area contributed by atoms with Gasteiger partial charge in [0.25, 0.3) is 0 Å². The number of nitrogens with two attached hydrogens (primary N) is 1. The second-order valence-corrected chi connectivity index (χ2v) is 5.91. The maximum absolute atomic E-state index is 12.1. The lowest BCUT2D eigenvalue weighted by molar-refractivity contribution is -0.129. The quantitative estimate of drug-likeness (QED) is 0.664. The van der Waals surface area contributed by atoms with Crippen molar-refractivity contribution in [2.45, 2.75) is 37.9 Å². The minimum atomic E-state index is 0.125. The second-order valence-electron chi connectivity index (χ2n) is 4.96. The van der Waals surface area contributed by atoms with Crippen LogP contribution in [-0.4, -0.2) is 45.7 Å². The van der Waals surface area contributed by atoms with Crippen molar-refractivity contribution in [1.29, 1.82) is 0 Å². The predicted octanol–water partition coefficient (Wildman–Crippen LogP) is 1.14. The molecule has 1 aliphatic heterocycles. The monoisotopic (exact) mass is 280 g/mol. The highest BCUT2D eigenvalue weighted by molar-refractivity contribution is 7.99. The lowest BCUT2D eigenvalue weighted by atomic mass is 10.1. The third-order valence-corrected chi connectivity index (χ3v) is 3.93. The molecule has 104 valence electrons. The highest BCUT2D eigenvalue weighted by Gasteiger charge is 2.21. The van der Waals surface area contributed by atoms with Gasteiger partial charge in [0.1, 0.15) is 0 Å². The summed E-state index contributed by atoms with van der Waals surface area (Å²) in [6.45, 7) is 5.36. The van der Waals surface area contributed by atoms with Gasteiger partial charge in [-0.3, -0.25) is 4.79 Å². The first-order chi connectivity index (χ1) is 9.04. The van der Waals surface area contributed by atoms with E-state index in [4.69, 9.17) is 5.73 Å². The molecule has 0 bridgehead atoms. The zero-order valence-corrected chi connectivity index (χ0v) is 12.2. The number of nitrogens with zero attached hydrogens (tertiary/aromatic N) is 3. The third-order valence-electron chi connectivity index (χ3n) is 3.10. The topological polar surface area (TPSA) is 72.1 Å². The maximum atomic E-state index is 12.1. The number of likely N-dealkylation sites (tertiary alicyclic amines) is 1. The summed E-state index contributed by atoms with van der Waals surface area (Å²) in [7, 11) is 0. The molecule has 1 atom stereocenters. The third kappa shape index (κ3) is 4.18. The number of amides is 1. The molecule has 6 heteroatoms. The fourth-order valence-electron chi connectivity index (χ4n) is 2.21. The fourth-order valence-corrected chi connectivity index (χ4v) is 3.06. The molecule has 0 saturated carbocycles. The molecular weight excluding hydrogens is 260 g/mol. The molecule has 1 amide bonds. The number of aromatic nitrogens is 2. The average Bonchev–Trinajstić information content (AvgIpc) is 2.35. The van der Waals surface area contributed by atoms with Crippen LogP contribution in [0.4, 0.5) is 0 Å². The SMILES string of the molecule is Cc1cc(C)nc(SCC(=O)N2CCCC(N)C2)n1. The summed E-state index contributed by atoms with van der Waals surface area (Å²) in [5, 5.41) is 0.673. The molecule has 1 fully saturated rings. The van der Waals surface area contributed by atoms with Crippen LogP contribution in [0, 0.1) is 13.8 Å². The van der Waals surface area contributed by atoms with Gasteiger partial charge in [-0.1, -0.05) is 11.8 Å². The number of rotatable bonds is 3. The van der Waals surface area contributed by atoms with Crippen molar-refractivity contribution in [2.24, 2.45) is 5.73 Å². The zero-order valence-electron chi connectivity index (χ0n) is 11.4. The number of aryl methyl sites for hydroxylation is 2. The Bertz CT molecular complexity index is 446. The molecule has 0 spiro atoms. The van der Waals surface area contributed by atoms with Crippen molar-refractivity contribution >= 4 is 17.7 Å². The van der Waals surface area contributed by atoms with E-state index in [1.54, 1.807) is 0 Å². The first-order valence-corrected chi connectivity index (χ1v) is 7.51. The van der Waals surface area contributed by atoms with Crippen LogP contribution >= 0.6 is 11.8 Å². The van der Waals surface area contributed by atoms with E-state index in [9.17, 15) is 4.79 Å². The number of carbonyl (C=O) groups is 1. The van der Waals surface area contributed by atoms with Crippen molar-refractivity contribution in [2.75, 3.05) is 18.8 Å². The average molecular weight is 280 g/mol. The maximum Gasteiger partial charge on any atom is 0.233 e. The van der Waals surface area contributed by atoms with Gasteiger partial charge in [0.2, 0.25) is 5.91 Å². The molecule has 1 aromatic heterocycles. The normalized spacial score (nSPS) is 19.5. The lowest BCUT2D eigenvalue weighted by Gasteiger charge is -2.30. The molecular formula is C13H20N4OS. The van der Waals surface area contributed by atoms with Crippen LogP contribution in [0.25, 0.3) is 0 Å². The first kappa shape index (κ1) is 14.3. The Labute approximate surface area is 118 Å². The van der Waals surface area contributed by atoms with Gasteiger partial charge in [-0.15, -0.1) is 0 Å². The minimum Gasteiger partial charge on any atom is -0.340 e. The van der Waals surface area contributed by atoms with Crippen LogP contribution in [0.1, 0.15) is 24.2 Å². The van der Waals surface area contributed by atoms with Crippen molar-refractivity contribution in [1.82, 2.24) is 14.9 Å².